The van der Waals surface area contributed by atoms with E-state index in [0.717, 1.165) is 5.70 Å². The molecular formula is C12H24N2O4Si. The average Bonchev–Trinajstić information content (AvgIpc) is 2.41. The van der Waals surface area contributed by atoms with Crippen LogP contribution in [-0.2, 0) is 18.2 Å². The molecule has 0 aliphatic heterocycles. The van der Waals surface area contributed by atoms with Crippen molar-refractivity contribution in [3.8, 4) is 0 Å². The maximum atomic E-state index is 10.0. The van der Waals surface area contributed by atoms with Gasteiger partial charge < -0.3 is 8.85 Å². The van der Waals surface area contributed by atoms with Gasteiger partial charge in [0.25, 0.3) is 0 Å². The van der Waals surface area contributed by atoms with Gasteiger partial charge in [0, 0.05) is 25.0 Å². The Morgan fingerprint density at radius 3 is 2.47 bits per heavy atom. The van der Waals surface area contributed by atoms with Crippen LogP contribution in [0.15, 0.2) is 16.8 Å². The van der Waals surface area contributed by atoms with E-state index in [4.69, 9.17) is 13.4 Å². The van der Waals surface area contributed by atoms with Gasteiger partial charge in [-0.25, -0.2) is 9.79 Å². The summed E-state index contributed by atoms with van der Waals surface area (Å²) in [5.74, 6) is 0. The van der Waals surface area contributed by atoms with Gasteiger partial charge in [0.05, 0.1) is 6.54 Å². The fourth-order valence-corrected chi connectivity index (χ4v) is 3.75. The van der Waals surface area contributed by atoms with Gasteiger partial charge in [-0.15, -0.1) is 0 Å². The number of nitrogens with zero attached hydrogens (tertiary/aromatic N) is 1. The summed E-state index contributed by atoms with van der Waals surface area (Å²) >= 11 is 0. The second-order valence-electron chi connectivity index (χ2n) is 3.80. The number of hydroxylamine groups is 1. The number of isocyanates is 1. The molecule has 0 rings (SSSR count). The summed E-state index contributed by atoms with van der Waals surface area (Å²) in [6.07, 6.45) is 4.08. The van der Waals surface area contributed by atoms with Gasteiger partial charge >= 0.3 is 8.80 Å². The zero-order valence-electron chi connectivity index (χ0n) is 12.2. The molecule has 0 saturated carbocycles. The second kappa shape index (κ2) is 10.9. The molecule has 0 aliphatic carbocycles. The van der Waals surface area contributed by atoms with Crippen LogP contribution in [0.5, 0.6) is 0 Å². The molecule has 0 atom stereocenters. The highest BCUT2D eigenvalue weighted by molar-refractivity contribution is 6.60. The Hall–Kier alpha value is -0.983. The van der Waals surface area contributed by atoms with Crippen LogP contribution in [0.2, 0.25) is 6.04 Å². The maximum absolute atomic E-state index is 10.0. The number of hydrogen-bond donors (Lipinski definition) is 1. The predicted octanol–water partition coefficient (Wildman–Crippen LogP) is 2.17. The monoisotopic (exact) mass is 288 g/mol. The minimum atomic E-state index is -2.77. The quantitative estimate of drug-likeness (QED) is 0.207. The van der Waals surface area contributed by atoms with E-state index in [1.807, 2.05) is 33.8 Å². The molecule has 6 nitrogen and oxygen atoms in total. The van der Waals surface area contributed by atoms with Gasteiger partial charge in [-0.2, -0.15) is 0 Å². The van der Waals surface area contributed by atoms with Crippen molar-refractivity contribution in [1.29, 1.82) is 0 Å². The molecule has 7 heteroatoms. The zero-order chi connectivity index (χ0) is 14.6. The molecule has 1 N–H and O–H groups in total. The molecule has 0 spiro atoms. The van der Waals surface area contributed by atoms with Gasteiger partial charge in [0.2, 0.25) is 6.08 Å². The molecule has 19 heavy (non-hydrogen) atoms. The lowest BCUT2D eigenvalue weighted by Crippen LogP contribution is -2.49. The SMILES string of the molecule is CC=C(C)NO[Si](CCCN=C=O)(OCC)OCC. The molecule has 0 bridgehead atoms. The molecule has 0 aromatic carbocycles. The Labute approximate surface area is 116 Å². The van der Waals surface area contributed by atoms with Crippen LogP contribution < -0.4 is 5.48 Å². The highest BCUT2D eigenvalue weighted by atomic mass is 28.4. The summed E-state index contributed by atoms with van der Waals surface area (Å²) in [7, 11) is -2.77. The Morgan fingerprint density at radius 2 is 2.00 bits per heavy atom. The van der Waals surface area contributed by atoms with E-state index in [-0.39, 0.29) is 0 Å². The molecule has 0 aromatic heterocycles. The van der Waals surface area contributed by atoms with Crippen LogP contribution in [0.1, 0.15) is 34.1 Å². The van der Waals surface area contributed by atoms with Gasteiger partial charge in [-0.1, -0.05) is 6.08 Å². The number of carbonyl (C=O) groups excluding carboxylic acids is 1. The summed E-state index contributed by atoms with van der Waals surface area (Å²) in [6, 6.07) is 0.601. The van der Waals surface area contributed by atoms with Gasteiger partial charge in [0.15, 0.2) is 0 Å². The summed E-state index contributed by atoms with van der Waals surface area (Å²) in [4.78, 5) is 13.6. The topological polar surface area (TPSA) is 69.2 Å². The van der Waals surface area contributed by atoms with Crippen molar-refractivity contribution in [3.63, 3.8) is 0 Å². The molecule has 110 valence electrons. The molecule has 0 amide bonds. The van der Waals surface area contributed by atoms with Crippen LogP contribution in [-0.4, -0.2) is 34.6 Å². The minimum Gasteiger partial charge on any atom is -0.373 e. The first-order chi connectivity index (χ1) is 9.14. The number of aliphatic imine (C=N–C) groups is 1. The van der Waals surface area contributed by atoms with Crippen LogP contribution in [0.25, 0.3) is 0 Å². The lowest BCUT2D eigenvalue weighted by atomic mass is 10.5. The van der Waals surface area contributed by atoms with E-state index >= 15 is 0 Å². The van der Waals surface area contributed by atoms with Gasteiger partial charge in [-0.3, -0.25) is 10.0 Å². The minimum absolute atomic E-state index is 0.407. The van der Waals surface area contributed by atoms with Crippen LogP contribution in [0.3, 0.4) is 0 Å². The fourth-order valence-electron chi connectivity index (χ4n) is 1.37. The Balaban J connectivity index is 4.59. The smallest absolute Gasteiger partial charge is 0.373 e. The molecule has 0 unspecified atom stereocenters. The molecule has 0 aliphatic rings. The summed E-state index contributed by atoms with van der Waals surface area (Å²) in [5.41, 5.74) is 3.74. The lowest BCUT2D eigenvalue weighted by Gasteiger charge is -2.28. The van der Waals surface area contributed by atoms with Crippen LogP contribution in [0.4, 0.5) is 0 Å². The third-order valence-corrected chi connectivity index (χ3v) is 5.18. The van der Waals surface area contributed by atoms with E-state index < -0.39 is 8.80 Å². The van der Waals surface area contributed by atoms with E-state index in [9.17, 15) is 4.79 Å². The van der Waals surface area contributed by atoms with E-state index in [0.29, 0.717) is 32.2 Å². The van der Waals surface area contributed by atoms with Crippen molar-refractivity contribution in [1.82, 2.24) is 5.48 Å². The number of allylic oxidation sites excluding steroid dienone is 2. The van der Waals surface area contributed by atoms with E-state index in [2.05, 4.69) is 10.5 Å². The fraction of sp³-hybridized carbons (Fsp3) is 0.750. The van der Waals surface area contributed by atoms with Gasteiger partial charge in [0.1, 0.15) is 0 Å². The van der Waals surface area contributed by atoms with Gasteiger partial charge in [-0.05, 0) is 34.1 Å². The maximum Gasteiger partial charge on any atom is 0.522 e. The first kappa shape index (κ1) is 18.0. The lowest BCUT2D eigenvalue weighted by molar-refractivity contribution is 0.0355. The number of hydrogen-bond acceptors (Lipinski definition) is 6. The Kier molecular flexibility index (Phi) is 10.3. The predicted molar refractivity (Wildman–Crippen MR) is 75.1 cm³/mol. The number of rotatable bonds is 11. The summed E-state index contributed by atoms with van der Waals surface area (Å²) in [5, 5.41) is 0. The third-order valence-electron chi connectivity index (χ3n) is 2.35. The van der Waals surface area contributed by atoms with Crippen LogP contribution in [0, 0.1) is 0 Å². The summed E-state index contributed by atoms with van der Waals surface area (Å²) in [6.45, 7) is 9.04. The number of nitrogens with one attached hydrogen (secondary N) is 1. The zero-order valence-corrected chi connectivity index (χ0v) is 13.2. The van der Waals surface area contributed by atoms with Crippen molar-refractivity contribution >= 4 is 14.9 Å². The summed E-state index contributed by atoms with van der Waals surface area (Å²) < 4.78 is 17.1. The second-order valence-corrected chi connectivity index (χ2v) is 6.45. The first-order valence-corrected chi connectivity index (χ1v) is 8.45. The highest BCUT2D eigenvalue weighted by Gasteiger charge is 2.41. The van der Waals surface area contributed by atoms with Crippen LogP contribution >= 0.6 is 0 Å². The molecular weight excluding hydrogens is 264 g/mol. The van der Waals surface area contributed by atoms with E-state index in [1.54, 1.807) is 0 Å². The van der Waals surface area contributed by atoms with E-state index in [1.165, 1.54) is 6.08 Å². The highest BCUT2D eigenvalue weighted by Crippen LogP contribution is 2.17. The molecule has 0 radical (unpaired) electrons. The molecule has 0 saturated heterocycles. The third kappa shape index (κ3) is 7.92. The molecule has 0 aromatic rings. The van der Waals surface area contributed by atoms with Crippen molar-refractivity contribution < 1.29 is 18.2 Å². The Morgan fingerprint density at radius 1 is 1.37 bits per heavy atom. The van der Waals surface area contributed by atoms with Crippen molar-refractivity contribution in [2.45, 2.75) is 40.2 Å². The molecule has 0 heterocycles. The Bertz CT molecular complexity index is 311. The van der Waals surface area contributed by atoms with Crippen molar-refractivity contribution in [2.24, 2.45) is 4.99 Å². The van der Waals surface area contributed by atoms with Crippen molar-refractivity contribution in [3.05, 3.63) is 11.8 Å². The average molecular weight is 288 g/mol. The van der Waals surface area contributed by atoms with Crippen molar-refractivity contribution in [2.75, 3.05) is 19.8 Å². The largest absolute Gasteiger partial charge is 0.522 e. The normalized spacial score (nSPS) is 12.1. The first-order valence-electron chi connectivity index (χ1n) is 6.52. The molecule has 0 fully saturated rings. The standard InChI is InChI=1S/C12H24N2O4Si/c1-5-12(4)14-18-19(16-6-2,17-7-3)10-8-9-13-11-15/h5,14H,6-10H2,1-4H3.